The number of carbonyl (C=O) groups excluding carboxylic acids is 1. The molecule has 0 saturated carbocycles. The zero-order chi connectivity index (χ0) is 19.9. The molecule has 2 amide bonds. The maximum atomic E-state index is 12.3. The predicted octanol–water partition coefficient (Wildman–Crippen LogP) is 2.10. The van der Waals surface area contributed by atoms with Gasteiger partial charge in [-0.3, -0.25) is 0 Å². The number of rotatable bonds is 6. The number of para-hydroxylation sites is 1. The molecule has 4 rings (SSSR count). The van der Waals surface area contributed by atoms with E-state index in [1.807, 2.05) is 48.7 Å². The maximum Gasteiger partial charge on any atom is 0.315 e. The van der Waals surface area contributed by atoms with Crippen molar-refractivity contribution in [2.24, 2.45) is 0 Å². The van der Waals surface area contributed by atoms with Gasteiger partial charge in [-0.05, 0) is 18.2 Å². The Kier molecular flexibility index (Phi) is 6.01. The maximum absolute atomic E-state index is 12.3. The summed E-state index contributed by atoms with van der Waals surface area (Å²) in [6.45, 7) is 3.82. The highest BCUT2D eigenvalue weighted by molar-refractivity contribution is 5.74. The summed E-state index contributed by atoms with van der Waals surface area (Å²) in [5, 5.41) is 10.1. The van der Waals surface area contributed by atoms with Crippen LogP contribution in [0, 0.1) is 0 Å². The Bertz CT molecular complexity index is 937. The van der Waals surface area contributed by atoms with E-state index in [0.29, 0.717) is 26.3 Å². The van der Waals surface area contributed by atoms with Crippen LogP contribution in [-0.4, -0.2) is 47.1 Å². The number of hydrogen-bond acceptors (Lipinski definition) is 5. The van der Waals surface area contributed by atoms with Gasteiger partial charge in [-0.2, -0.15) is 5.10 Å². The minimum absolute atomic E-state index is 0.228. The minimum atomic E-state index is -0.228. The molecular weight excluding hydrogens is 368 g/mol. The van der Waals surface area contributed by atoms with Crippen molar-refractivity contribution in [1.29, 1.82) is 0 Å². The summed E-state index contributed by atoms with van der Waals surface area (Å²) in [5.41, 5.74) is 2.90. The van der Waals surface area contributed by atoms with Crippen molar-refractivity contribution < 1.29 is 9.53 Å². The molecule has 8 nitrogen and oxygen atoms in total. The second kappa shape index (κ2) is 9.20. The largest absolute Gasteiger partial charge is 0.378 e. The van der Waals surface area contributed by atoms with Crippen LogP contribution in [0.2, 0.25) is 0 Å². The summed E-state index contributed by atoms with van der Waals surface area (Å²) in [4.78, 5) is 18.9. The number of benzene rings is 1. The smallest absolute Gasteiger partial charge is 0.315 e. The van der Waals surface area contributed by atoms with E-state index in [2.05, 4.69) is 25.6 Å². The Hall–Kier alpha value is -3.39. The Labute approximate surface area is 169 Å². The summed E-state index contributed by atoms with van der Waals surface area (Å²) in [6, 6.07) is 13.5. The van der Waals surface area contributed by atoms with Crippen LogP contribution in [0.15, 0.2) is 61.1 Å². The summed E-state index contributed by atoms with van der Waals surface area (Å²) in [6.07, 6.45) is 5.44. The van der Waals surface area contributed by atoms with Crippen molar-refractivity contribution in [3.8, 4) is 5.69 Å². The fourth-order valence-corrected chi connectivity index (χ4v) is 3.22. The molecule has 0 spiro atoms. The SMILES string of the molecule is O=C(NCc1cnn(-c2ccccc2)c1)NCc1cccnc1N1CCOCC1. The van der Waals surface area contributed by atoms with Crippen molar-refractivity contribution in [3.63, 3.8) is 0 Å². The lowest BCUT2D eigenvalue weighted by Gasteiger charge is -2.29. The quantitative estimate of drug-likeness (QED) is 0.671. The van der Waals surface area contributed by atoms with Crippen LogP contribution in [0.5, 0.6) is 0 Å². The van der Waals surface area contributed by atoms with Gasteiger partial charge in [0.25, 0.3) is 0 Å². The molecule has 0 atom stereocenters. The van der Waals surface area contributed by atoms with Gasteiger partial charge in [0.05, 0.1) is 25.1 Å². The lowest BCUT2D eigenvalue weighted by molar-refractivity contribution is 0.122. The van der Waals surface area contributed by atoms with Gasteiger partial charge in [-0.15, -0.1) is 0 Å². The molecule has 3 heterocycles. The predicted molar refractivity (Wildman–Crippen MR) is 110 cm³/mol. The van der Waals surface area contributed by atoms with E-state index in [0.717, 1.165) is 35.7 Å². The summed E-state index contributed by atoms with van der Waals surface area (Å²) in [7, 11) is 0. The van der Waals surface area contributed by atoms with Crippen LogP contribution in [0.1, 0.15) is 11.1 Å². The zero-order valence-electron chi connectivity index (χ0n) is 16.1. The molecule has 1 aromatic carbocycles. The van der Waals surface area contributed by atoms with Gasteiger partial charge >= 0.3 is 6.03 Å². The van der Waals surface area contributed by atoms with Gasteiger partial charge < -0.3 is 20.3 Å². The number of nitrogens with zero attached hydrogens (tertiary/aromatic N) is 4. The number of ether oxygens (including phenoxy) is 1. The molecule has 8 heteroatoms. The highest BCUT2D eigenvalue weighted by atomic mass is 16.5. The van der Waals surface area contributed by atoms with E-state index in [-0.39, 0.29) is 6.03 Å². The first-order valence-electron chi connectivity index (χ1n) is 9.67. The molecule has 0 bridgehead atoms. The van der Waals surface area contributed by atoms with Crippen LogP contribution in [-0.2, 0) is 17.8 Å². The third kappa shape index (κ3) is 4.91. The molecule has 1 fully saturated rings. The summed E-state index contributed by atoms with van der Waals surface area (Å²) < 4.78 is 7.20. The Morgan fingerprint density at radius 2 is 1.83 bits per heavy atom. The second-order valence-corrected chi connectivity index (χ2v) is 6.75. The van der Waals surface area contributed by atoms with Crippen molar-refractivity contribution >= 4 is 11.8 Å². The van der Waals surface area contributed by atoms with Gasteiger partial charge in [-0.1, -0.05) is 24.3 Å². The lowest BCUT2D eigenvalue weighted by atomic mass is 10.2. The number of nitrogens with one attached hydrogen (secondary N) is 2. The molecular formula is C21H24N6O2. The number of urea groups is 1. The summed E-state index contributed by atoms with van der Waals surface area (Å²) in [5.74, 6) is 0.903. The molecule has 1 saturated heterocycles. The number of hydrogen-bond donors (Lipinski definition) is 2. The lowest BCUT2D eigenvalue weighted by Crippen LogP contribution is -2.38. The molecule has 150 valence electrons. The molecule has 1 aliphatic heterocycles. The van der Waals surface area contributed by atoms with Crippen molar-refractivity contribution in [1.82, 2.24) is 25.4 Å². The van der Waals surface area contributed by atoms with Gasteiger partial charge in [0, 0.05) is 49.7 Å². The molecule has 3 aromatic rings. The third-order valence-electron chi connectivity index (χ3n) is 4.73. The fourth-order valence-electron chi connectivity index (χ4n) is 3.22. The van der Waals surface area contributed by atoms with E-state index >= 15 is 0 Å². The molecule has 0 radical (unpaired) electrons. The summed E-state index contributed by atoms with van der Waals surface area (Å²) >= 11 is 0. The standard InChI is InChI=1S/C21H24N6O2/c28-21(23-13-17-14-25-27(16-17)19-6-2-1-3-7-19)24-15-18-5-4-8-22-20(18)26-9-11-29-12-10-26/h1-8,14,16H,9-13,15H2,(H2,23,24,28). The molecule has 0 aliphatic carbocycles. The normalized spacial score (nSPS) is 13.9. The second-order valence-electron chi connectivity index (χ2n) is 6.75. The van der Waals surface area contributed by atoms with E-state index in [1.54, 1.807) is 17.1 Å². The molecule has 29 heavy (non-hydrogen) atoms. The van der Waals surface area contributed by atoms with E-state index in [1.165, 1.54) is 0 Å². The molecule has 0 unspecified atom stereocenters. The average Bonchev–Trinajstić information content (AvgIpc) is 3.27. The van der Waals surface area contributed by atoms with Crippen molar-refractivity contribution in [2.45, 2.75) is 13.1 Å². The van der Waals surface area contributed by atoms with Crippen LogP contribution in [0.25, 0.3) is 5.69 Å². The van der Waals surface area contributed by atoms with Gasteiger partial charge in [0.1, 0.15) is 5.82 Å². The molecule has 2 aromatic heterocycles. The van der Waals surface area contributed by atoms with Crippen molar-refractivity contribution in [2.75, 3.05) is 31.2 Å². The third-order valence-corrected chi connectivity index (χ3v) is 4.73. The highest BCUT2D eigenvalue weighted by Crippen LogP contribution is 2.18. The molecule has 2 N–H and O–H groups in total. The van der Waals surface area contributed by atoms with Crippen molar-refractivity contribution in [3.05, 3.63) is 72.2 Å². The minimum Gasteiger partial charge on any atom is -0.378 e. The number of pyridine rings is 1. The first-order valence-corrected chi connectivity index (χ1v) is 9.67. The Balaban J connectivity index is 1.29. The zero-order valence-corrected chi connectivity index (χ0v) is 16.1. The van der Waals surface area contributed by atoms with E-state index in [4.69, 9.17) is 4.74 Å². The monoisotopic (exact) mass is 392 g/mol. The van der Waals surface area contributed by atoms with Crippen LogP contribution in [0.3, 0.4) is 0 Å². The first kappa shape index (κ1) is 18.9. The average molecular weight is 392 g/mol. The topological polar surface area (TPSA) is 84.3 Å². The number of amides is 2. The van der Waals surface area contributed by atoms with Gasteiger partial charge in [0.2, 0.25) is 0 Å². The van der Waals surface area contributed by atoms with Gasteiger partial charge in [-0.25, -0.2) is 14.5 Å². The Morgan fingerprint density at radius 1 is 1.03 bits per heavy atom. The number of carbonyl (C=O) groups is 1. The highest BCUT2D eigenvalue weighted by Gasteiger charge is 2.16. The number of anilines is 1. The van der Waals surface area contributed by atoms with Crippen LogP contribution >= 0.6 is 0 Å². The first-order chi connectivity index (χ1) is 14.3. The van der Waals surface area contributed by atoms with E-state index < -0.39 is 0 Å². The number of morpholine rings is 1. The molecule has 1 aliphatic rings. The van der Waals surface area contributed by atoms with Gasteiger partial charge in [0.15, 0.2) is 0 Å². The van der Waals surface area contributed by atoms with E-state index in [9.17, 15) is 4.79 Å². The fraction of sp³-hybridized carbons (Fsp3) is 0.286. The van der Waals surface area contributed by atoms with Crippen LogP contribution in [0.4, 0.5) is 10.6 Å². The van der Waals surface area contributed by atoms with Crippen LogP contribution < -0.4 is 15.5 Å². The Morgan fingerprint density at radius 3 is 2.66 bits per heavy atom. The number of aromatic nitrogens is 3.